The van der Waals surface area contributed by atoms with Gasteiger partial charge in [-0.2, -0.15) is 0 Å². The van der Waals surface area contributed by atoms with E-state index in [9.17, 15) is 9.59 Å². The Labute approximate surface area is 117 Å². The summed E-state index contributed by atoms with van der Waals surface area (Å²) < 4.78 is 4.70. The van der Waals surface area contributed by atoms with Crippen molar-refractivity contribution in [2.24, 2.45) is 5.73 Å². The van der Waals surface area contributed by atoms with Crippen LogP contribution in [0.25, 0.3) is 0 Å². The number of hydrogen-bond donors (Lipinski definition) is 2. The summed E-state index contributed by atoms with van der Waals surface area (Å²) in [5.41, 5.74) is 6.03. The van der Waals surface area contributed by atoms with Gasteiger partial charge in [0.2, 0.25) is 6.41 Å². The molecule has 3 N–H and O–H groups in total. The summed E-state index contributed by atoms with van der Waals surface area (Å²) in [5.74, 6) is -0.502. The van der Waals surface area contributed by atoms with Crippen LogP contribution in [-0.4, -0.2) is 30.0 Å². The van der Waals surface area contributed by atoms with Gasteiger partial charge in [-0.05, 0) is 12.5 Å². The summed E-state index contributed by atoms with van der Waals surface area (Å²) in [5, 5.41) is 2.49. The molecule has 1 amide bonds. The number of carbonyl (C=O) groups excluding carboxylic acids is 2. The normalized spacial score (nSPS) is 13.2. The number of carbonyl (C=O) groups is 2. The van der Waals surface area contributed by atoms with Gasteiger partial charge >= 0.3 is 5.97 Å². The quantitative estimate of drug-likeness (QED) is 0.451. The Bertz CT molecular complexity index is 487. The Hall–Kier alpha value is -1.95. The monoisotopic (exact) mass is 280 g/mol. The topological polar surface area (TPSA) is 81.4 Å². The highest BCUT2D eigenvalue weighted by atomic mass is 32.1. The molecule has 0 aliphatic heterocycles. The number of nitrogens with two attached hydrogens (primary N) is 1. The smallest absolute Gasteiger partial charge is 0.331 e. The van der Waals surface area contributed by atoms with Crippen LogP contribution in [0.5, 0.6) is 0 Å². The van der Waals surface area contributed by atoms with E-state index in [2.05, 4.69) is 5.32 Å². The molecule has 0 saturated carbocycles. The van der Waals surface area contributed by atoms with Crippen molar-refractivity contribution in [2.45, 2.75) is 18.9 Å². The highest BCUT2D eigenvalue weighted by Crippen LogP contribution is 2.15. The second kappa shape index (κ2) is 6.29. The second-order valence-corrected chi connectivity index (χ2v) is 4.76. The molecular weight excluding hydrogens is 264 g/mol. The molecule has 0 aliphatic rings. The number of esters is 1. The first-order chi connectivity index (χ1) is 8.92. The summed E-state index contributed by atoms with van der Waals surface area (Å²) in [6.45, 7) is 1.61. The summed E-state index contributed by atoms with van der Waals surface area (Å²) in [4.78, 5) is 22.7. The highest BCUT2D eigenvalue weighted by molar-refractivity contribution is 7.80. The molecule has 1 atom stereocenters. The molecule has 5 nitrogen and oxygen atoms in total. The molecule has 1 aromatic carbocycles. The summed E-state index contributed by atoms with van der Waals surface area (Å²) in [6.07, 6.45) is 0.802. The molecular formula is C13H16N2O3S. The molecule has 0 fully saturated rings. The zero-order valence-corrected chi connectivity index (χ0v) is 11.6. The van der Waals surface area contributed by atoms with Gasteiger partial charge in [0.15, 0.2) is 0 Å². The van der Waals surface area contributed by atoms with Gasteiger partial charge in [0, 0.05) is 12.0 Å². The van der Waals surface area contributed by atoms with Crippen molar-refractivity contribution in [2.75, 3.05) is 7.11 Å². The van der Waals surface area contributed by atoms with Crippen molar-refractivity contribution in [3.05, 3.63) is 35.4 Å². The Balaban J connectivity index is 2.93. The third-order valence-electron chi connectivity index (χ3n) is 2.81. The van der Waals surface area contributed by atoms with E-state index in [1.165, 1.54) is 7.11 Å². The maximum Gasteiger partial charge on any atom is 0.331 e. The fourth-order valence-corrected chi connectivity index (χ4v) is 1.87. The van der Waals surface area contributed by atoms with Gasteiger partial charge in [-0.25, -0.2) is 4.79 Å². The van der Waals surface area contributed by atoms with E-state index in [4.69, 9.17) is 22.7 Å². The van der Waals surface area contributed by atoms with Gasteiger partial charge in [0.1, 0.15) is 10.5 Å². The maximum atomic E-state index is 11.7. The Morgan fingerprint density at radius 2 is 2.05 bits per heavy atom. The minimum absolute atomic E-state index is 0.313. The lowest BCUT2D eigenvalue weighted by Crippen LogP contribution is -2.51. The van der Waals surface area contributed by atoms with Gasteiger partial charge in [-0.15, -0.1) is 0 Å². The molecule has 1 aromatic rings. The van der Waals surface area contributed by atoms with Crippen LogP contribution in [0, 0.1) is 0 Å². The molecule has 0 unspecified atom stereocenters. The molecule has 1 rings (SSSR count). The molecule has 102 valence electrons. The number of rotatable bonds is 6. The van der Waals surface area contributed by atoms with Crippen molar-refractivity contribution in [3.63, 3.8) is 0 Å². The average molecular weight is 280 g/mol. The Kier molecular flexibility index (Phi) is 5.00. The number of methoxy groups -OCH3 is 1. The van der Waals surface area contributed by atoms with Gasteiger partial charge in [-0.3, -0.25) is 4.79 Å². The molecule has 0 bridgehead atoms. The lowest BCUT2D eigenvalue weighted by atomic mass is 9.92. The van der Waals surface area contributed by atoms with Gasteiger partial charge < -0.3 is 15.8 Å². The van der Waals surface area contributed by atoms with E-state index < -0.39 is 11.5 Å². The number of benzene rings is 1. The van der Waals surface area contributed by atoms with Gasteiger partial charge in [-0.1, -0.05) is 36.5 Å². The largest absolute Gasteiger partial charge is 0.467 e. The van der Waals surface area contributed by atoms with Crippen LogP contribution >= 0.6 is 12.2 Å². The third-order valence-corrected chi connectivity index (χ3v) is 3.05. The van der Waals surface area contributed by atoms with E-state index in [-0.39, 0.29) is 0 Å². The van der Waals surface area contributed by atoms with E-state index in [0.29, 0.717) is 17.8 Å². The molecule has 0 aromatic heterocycles. The lowest BCUT2D eigenvalue weighted by Gasteiger charge is -2.26. The average Bonchev–Trinajstić information content (AvgIpc) is 2.38. The van der Waals surface area contributed by atoms with Crippen LogP contribution in [0.1, 0.15) is 18.1 Å². The minimum Gasteiger partial charge on any atom is -0.467 e. The predicted molar refractivity (Wildman–Crippen MR) is 75.7 cm³/mol. The summed E-state index contributed by atoms with van der Waals surface area (Å²) in [6, 6.07) is 7.16. The van der Waals surface area contributed by atoms with Crippen molar-refractivity contribution in [1.82, 2.24) is 5.32 Å². The highest BCUT2D eigenvalue weighted by Gasteiger charge is 2.34. The number of hydrogen-bond acceptors (Lipinski definition) is 4. The number of amides is 1. The summed E-state index contributed by atoms with van der Waals surface area (Å²) >= 11 is 4.86. The molecule has 0 saturated heterocycles. The van der Waals surface area contributed by atoms with Crippen molar-refractivity contribution in [1.29, 1.82) is 0 Å². The predicted octanol–water partition coefficient (Wildman–Crippen LogP) is 0.541. The molecule has 0 heterocycles. The van der Waals surface area contributed by atoms with Crippen molar-refractivity contribution >= 4 is 29.6 Å². The van der Waals surface area contributed by atoms with E-state index in [0.717, 1.165) is 11.1 Å². The molecule has 0 spiro atoms. The fraction of sp³-hybridized carbons (Fsp3) is 0.308. The van der Waals surface area contributed by atoms with Crippen LogP contribution in [0.4, 0.5) is 0 Å². The van der Waals surface area contributed by atoms with Crippen molar-refractivity contribution < 1.29 is 14.3 Å². The zero-order chi connectivity index (χ0) is 14.5. The van der Waals surface area contributed by atoms with E-state index in [1.807, 2.05) is 12.1 Å². The first kappa shape index (κ1) is 15.1. The zero-order valence-electron chi connectivity index (χ0n) is 10.8. The van der Waals surface area contributed by atoms with Crippen LogP contribution in [0.2, 0.25) is 0 Å². The SMILES string of the molecule is COC(=O)[C@](C)(Cc1ccc(C(N)=S)cc1)NC=O. The number of thiocarbonyl (C=S) groups is 1. The number of nitrogens with one attached hydrogen (secondary N) is 1. The van der Waals surface area contributed by atoms with Crippen LogP contribution in [-0.2, 0) is 20.7 Å². The van der Waals surface area contributed by atoms with E-state index >= 15 is 0 Å². The van der Waals surface area contributed by atoms with E-state index in [1.54, 1.807) is 19.1 Å². The fourth-order valence-electron chi connectivity index (χ4n) is 1.73. The lowest BCUT2D eigenvalue weighted by molar-refractivity contribution is -0.148. The van der Waals surface area contributed by atoms with Crippen LogP contribution < -0.4 is 11.1 Å². The van der Waals surface area contributed by atoms with Gasteiger partial charge in [0.05, 0.1) is 7.11 Å². The molecule has 6 heteroatoms. The molecule has 0 aliphatic carbocycles. The third kappa shape index (κ3) is 3.75. The van der Waals surface area contributed by atoms with Crippen molar-refractivity contribution in [3.8, 4) is 0 Å². The molecule has 0 radical (unpaired) electrons. The summed E-state index contributed by atoms with van der Waals surface area (Å²) in [7, 11) is 1.28. The Morgan fingerprint density at radius 1 is 1.47 bits per heavy atom. The molecule has 19 heavy (non-hydrogen) atoms. The first-order valence-corrected chi connectivity index (χ1v) is 6.02. The van der Waals surface area contributed by atoms with Crippen LogP contribution in [0.3, 0.4) is 0 Å². The first-order valence-electron chi connectivity index (χ1n) is 5.61. The number of ether oxygens (including phenoxy) is 1. The minimum atomic E-state index is -1.10. The standard InChI is InChI=1S/C13H16N2O3S/c1-13(15-8-16,12(17)18-2)7-9-3-5-10(6-4-9)11(14)19/h3-6,8H,7H2,1-2H3,(H2,14,19)(H,15,16)/t13-/m0/s1. The maximum absolute atomic E-state index is 11.7. The Morgan fingerprint density at radius 3 is 2.47 bits per heavy atom. The second-order valence-electron chi connectivity index (χ2n) is 4.32. The van der Waals surface area contributed by atoms with Crippen LogP contribution in [0.15, 0.2) is 24.3 Å². The van der Waals surface area contributed by atoms with Gasteiger partial charge in [0.25, 0.3) is 0 Å².